The number of carbonyl (C=O) groups is 2. The molecule has 1 aromatic rings. The highest BCUT2D eigenvalue weighted by Crippen LogP contribution is 2.21. The highest BCUT2D eigenvalue weighted by atomic mass is 79.9. The number of esters is 1. The van der Waals surface area contributed by atoms with Crippen molar-refractivity contribution < 1.29 is 14.3 Å². The van der Waals surface area contributed by atoms with Crippen LogP contribution in [0.25, 0.3) is 0 Å². The van der Waals surface area contributed by atoms with E-state index in [0.29, 0.717) is 12.1 Å². The number of aryl methyl sites for hydroxylation is 1. The second kappa shape index (κ2) is 6.54. The predicted octanol–water partition coefficient (Wildman–Crippen LogP) is 2.90. The summed E-state index contributed by atoms with van der Waals surface area (Å²) >= 11 is 3.39. The number of halogens is 1. The second-order valence-electron chi connectivity index (χ2n) is 3.94. The largest absolute Gasteiger partial charge is 0.468 e. The molecule has 18 heavy (non-hydrogen) atoms. The maximum Gasteiger partial charge on any atom is 0.318 e. The molecule has 0 heterocycles. The highest BCUT2D eigenvalue weighted by molar-refractivity contribution is 9.10. The minimum absolute atomic E-state index is 0.347. The van der Waals surface area contributed by atoms with Crippen molar-refractivity contribution in [2.75, 3.05) is 12.4 Å². The molecule has 1 rings (SSSR count). The molecule has 0 bridgehead atoms. The summed E-state index contributed by atoms with van der Waals surface area (Å²) in [5, 5.41) is 2.71. The van der Waals surface area contributed by atoms with Crippen LogP contribution in [-0.4, -0.2) is 19.0 Å². The van der Waals surface area contributed by atoms with Crippen molar-refractivity contribution in [3.63, 3.8) is 0 Å². The van der Waals surface area contributed by atoms with Gasteiger partial charge in [-0.1, -0.05) is 28.9 Å². The lowest BCUT2D eigenvalue weighted by atomic mass is 10.1. The average molecular weight is 314 g/mol. The average Bonchev–Trinajstić information content (AvgIpc) is 2.34. The van der Waals surface area contributed by atoms with E-state index in [1.54, 1.807) is 19.1 Å². The Kier molecular flexibility index (Phi) is 5.34. The summed E-state index contributed by atoms with van der Waals surface area (Å²) in [5.74, 6) is -1.63. The Morgan fingerprint density at radius 2 is 2.11 bits per heavy atom. The Balaban J connectivity index is 2.79. The smallest absolute Gasteiger partial charge is 0.318 e. The van der Waals surface area contributed by atoms with Crippen LogP contribution in [0.15, 0.2) is 22.7 Å². The molecule has 4 nitrogen and oxygen atoms in total. The second-order valence-corrected chi connectivity index (χ2v) is 4.79. The van der Waals surface area contributed by atoms with Crippen LogP contribution in [0.2, 0.25) is 0 Å². The summed E-state index contributed by atoms with van der Waals surface area (Å²) < 4.78 is 5.50. The fraction of sp³-hybridized carbons (Fsp3) is 0.385. The molecule has 0 aromatic heterocycles. The number of nitrogens with one attached hydrogen (secondary N) is 1. The van der Waals surface area contributed by atoms with E-state index in [1.807, 2.05) is 13.0 Å². The summed E-state index contributed by atoms with van der Waals surface area (Å²) in [4.78, 5) is 23.3. The van der Waals surface area contributed by atoms with Gasteiger partial charge in [0.2, 0.25) is 5.91 Å². The number of benzene rings is 1. The molecule has 0 saturated heterocycles. The number of carbonyl (C=O) groups excluding carboxylic acids is 2. The van der Waals surface area contributed by atoms with Gasteiger partial charge in [0.05, 0.1) is 7.11 Å². The van der Waals surface area contributed by atoms with Crippen LogP contribution in [0.1, 0.15) is 18.9 Å². The number of anilines is 1. The minimum Gasteiger partial charge on any atom is -0.468 e. The zero-order chi connectivity index (χ0) is 13.7. The molecule has 1 atom stereocenters. The van der Waals surface area contributed by atoms with Gasteiger partial charge in [-0.25, -0.2) is 0 Å². The van der Waals surface area contributed by atoms with Gasteiger partial charge < -0.3 is 10.1 Å². The van der Waals surface area contributed by atoms with Crippen LogP contribution in [-0.2, 0) is 14.3 Å². The fourth-order valence-corrected chi connectivity index (χ4v) is 1.88. The van der Waals surface area contributed by atoms with Crippen LogP contribution in [0.5, 0.6) is 0 Å². The summed E-state index contributed by atoms with van der Waals surface area (Å²) in [7, 11) is 1.28. The molecule has 1 N–H and O–H groups in total. The molecule has 0 aliphatic heterocycles. The molecule has 5 heteroatoms. The van der Waals surface area contributed by atoms with Crippen molar-refractivity contribution in [1.82, 2.24) is 0 Å². The number of hydrogen-bond acceptors (Lipinski definition) is 3. The topological polar surface area (TPSA) is 55.4 Å². The zero-order valence-electron chi connectivity index (χ0n) is 10.6. The molecule has 1 aromatic carbocycles. The minimum atomic E-state index is -0.768. The molecule has 98 valence electrons. The van der Waals surface area contributed by atoms with E-state index >= 15 is 0 Å². The zero-order valence-corrected chi connectivity index (χ0v) is 12.2. The molecular weight excluding hydrogens is 298 g/mol. The van der Waals surface area contributed by atoms with Crippen LogP contribution in [0, 0.1) is 12.8 Å². The summed E-state index contributed by atoms with van der Waals surface area (Å²) in [6, 6.07) is 5.48. The predicted molar refractivity (Wildman–Crippen MR) is 73.3 cm³/mol. The van der Waals surface area contributed by atoms with Crippen LogP contribution in [0.3, 0.4) is 0 Å². The van der Waals surface area contributed by atoms with E-state index in [4.69, 9.17) is 0 Å². The van der Waals surface area contributed by atoms with Crippen molar-refractivity contribution in [3.05, 3.63) is 28.2 Å². The number of amides is 1. The van der Waals surface area contributed by atoms with E-state index in [2.05, 4.69) is 26.0 Å². The molecule has 1 unspecified atom stereocenters. The van der Waals surface area contributed by atoms with Gasteiger partial charge in [-0.2, -0.15) is 0 Å². The third-order valence-corrected chi connectivity index (χ3v) is 3.50. The van der Waals surface area contributed by atoms with Crippen LogP contribution >= 0.6 is 15.9 Å². The summed E-state index contributed by atoms with van der Waals surface area (Å²) in [6.45, 7) is 3.73. The Labute approximate surface area is 115 Å². The first-order chi connectivity index (χ1) is 8.49. The standard InChI is InChI=1S/C13H16BrNO3/c1-4-10(13(17)18-3)12(16)15-9-6-5-8(2)11(14)7-9/h5-7,10H,4H2,1-3H3,(H,15,16). The molecule has 1 amide bonds. The SMILES string of the molecule is CCC(C(=O)Nc1ccc(C)c(Br)c1)C(=O)OC. The number of hydrogen-bond donors (Lipinski definition) is 1. The normalized spacial score (nSPS) is 11.8. The van der Waals surface area contributed by atoms with E-state index in [9.17, 15) is 9.59 Å². The summed E-state index contributed by atoms with van der Waals surface area (Å²) in [6.07, 6.45) is 0.408. The van der Waals surface area contributed by atoms with Gasteiger partial charge in [0.1, 0.15) is 5.92 Å². The maximum absolute atomic E-state index is 11.9. The molecule has 0 fully saturated rings. The van der Waals surface area contributed by atoms with Gasteiger partial charge in [0.15, 0.2) is 0 Å². The van der Waals surface area contributed by atoms with Gasteiger partial charge in [-0.05, 0) is 31.0 Å². The Morgan fingerprint density at radius 3 is 2.61 bits per heavy atom. The van der Waals surface area contributed by atoms with E-state index in [1.165, 1.54) is 7.11 Å². The van der Waals surface area contributed by atoms with Crippen molar-refractivity contribution in [3.8, 4) is 0 Å². The van der Waals surface area contributed by atoms with Crippen molar-refractivity contribution in [2.45, 2.75) is 20.3 Å². The van der Waals surface area contributed by atoms with E-state index in [0.717, 1.165) is 10.0 Å². The molecular formula is C13H16BrNO3. The lowest BCUT2D eigenvalue weighted by Gasteiger charge is -2.13. The maximum atomic E-state index is 11.9. The van der Waals surface area contributed by atoms with Crippen molar-refractivity contribution >= 4 is 33.5 Å². The van der Waals surface area contributed by atoms with Gasteiger partial charge in [-0.15, -0.1) is 0 Å². The van der Waals surface area contributed by atoms with Crippen molar-refractivity contribution in [1.29, 1.82) is 0 Å². The molecule has 0 radical (unpaired) electrons. The number of ether oxygens (including phenoxy) is 1. The van der Waals surface area contributed by atoms with E-state index < -0.39 is 11.9 Å². The Bertz CT molecular complexity index is 460. The first-order valence-corrected chi connectivity index (χ1v) is 6.43. The highest BCUT2D eigenvalue weighted by Gasteiger charge is 2.25. The van der Waals surface area contributed by atoms with Gasteiger partial charge >= 0.3 is 5.97 Å². The van der Waals surface area contributed by atoms with Crippen LogP contribution < -0.4 is 5.32 Å². The number of rotatable bonds is 4. The van der Waals surface area contributed by atoms with Gasteiger partial charge in [-0.3, -0.25) is 9.59 Å². The first-order valence-electron chi connectivity index (χ1n) is 5.64. The molecule has 0 aliphatic carbocycles. The summed E-state index contributed by atoms with van der Waals surface area (Å²) in [5.41, 5.74) is 1.73. The molecule has 0 spiro atoms. The number of methoxy groups -OCH3 is 1. The third-order valence-electron chi connectivity index (χ3n) is 2.65. The van der Waals surface area contributed by atoms with Gasteiger partial charge in [0, 0.05) is 10.2 Å². The van der Waals surface area contributed by atoms with Gasteiger partial charge in [0.25, 0.3) is 0 Å². The lowest BCUT2D eigenvalue weighted by Crippen LogP contribution is -2.30. The molecule has 0 aliphatic rings. The third kappa shape index (κ3) is 3.57. The lowest BCUT2D eigenvalue weighted by molar-refractivity contribution is -0.148. The first kappa shape index (κ1) is 14.7. The van der Waals surface area contributed by atoms with Crippen LogP contribution in [0.4, 0.5) is 5.69 Å². The molecule has 0 saturated carbocycles. The van der Waals surface area contributed by atoms with E-state index in [-0.39, 0.29) is 5.91 Å². The van der Waals surface area contributed by atoms with Crippen molar-refractivity contribution in [2.24, 2.45) is 5.92 Å². The Morgan fingerprint density at radius 1 is 1.44 bits per heavy atom. The fourth-order valence-electron chi connectivity index (χ4n) is 1.50. The quantitative estimate of drug-likeness (QED) is 0.687. The Hall–Kier alpha value is -1.36. The monoisotopic (exact) mass is 313 g/mol.